The van der Waals surface area contributed by atoms with Crippen molar-refractivity contribution in [1.29, 1.82) is 0 Å². The lowest BCUT2D eigenvalue weighted by Crippen LogP contribution is -2.31. The number of rotatable bonds is 3. The molecule has 86 valence electrons. The summed E-state index contributed by atoms with van der Waals surface area (Å²) in [5.41, 5.74) is 0.863. The summed E-state index contributed by atoms with van der Waals surface area (Å²) in [5, 5.41) is 3.96. The first-order valence-electron chi connectivity index (χ1n) is 5.59. The van der Waals surface area contributed by atoms with Crippen LogP contribution in [0.15, 0.2) is 24.3 Å². The topological polar surface area (TPSA) is 29.1 Å². The van der Waals surface area contributed by atoms with Crippen LogP contribution in [0.5, 0.6) is 0 Å². The molecule has 2 nitrogen and oxygen atoms in total. The average molecular weight is 238 g/mol. The van der Waals surface area contributed by atoms with Gasteiger partial charge in [0, 0.05) is 23.4 Å². The van der Waals surface area contributed by atoms with Gasteiger partial charge < -0.3 is 5.32 Å². The molecule has 0 amide bonds. The lowest BCUT2D eigenvalue weighted by Gasteiger charge is -2.20. The number of benzene rings is 1. The van der Waals surface area contributed by atoms with Crippen molar-refractivity contribution in [2.45, 2.75) is 19.8 Å². The molecule has 1 fully saturated rings. The van der Waals surface area contributed by atoms with Crippen LogP contribution in [-0.4, -0.2) is 18.9 Å². The SMILES string of the molecule is CC1(C(=O)Cc2ccc(Cl)cc2)CCNC1. The Hall–Kier alpha value is -0.860. The maximum atomic E-state index is 12.1. The minimum absolute atomic E-state index is 0.181. The highest BCUT2D eigenvalue weighted by molar-refractivity contribution is 6.30. The minimum atomic E-state index is -0.181. The van der Waals surface area contributed by atoms with E-state index in [9.17, 15) is 4.79 Å². The van der Waals surface area contributed by atoms with Gasteiger partial charge in [-0.3, -0.25) is 4.79 Å². The zero-order valence-electron chi connectivity index (χ0n) is 9.42. The first-order chi connectivity index (χ1) is 7.60. The molecule has 1 aliphatic rings. The Bertz CT molecular complexity index is 379. The van der Waals surface area contributed by atoms with Gasteiger partial charge in [-0.25, -0.2) is 0 Å². The van der Waals surface area contributed by atoms with Gasteiger partial charge in [-0.1, -0.05) is 30.7 Å². The summed E-state index contributed by atoms with van der Waals surface area (Å²) < 4.78 is 0. The van der Waals surface area contributed by atoms with Gasteiger partial charge in [0.15, 0.2) is 0 Å². The molecule has 0 aromatic heterocycles. The molecule has 1 N–H and O–H groups in total. The van der Waals surface area contributed by atoms with Crippen LogP contribution < -0.4 is 5.32 Å². The number of halogens is 1. The molecule has 0 saturated carbocycles. The lowest BCUT2D eigenvalue weighted by atomic mass is 9.82. The number of carbonyl (C=O) groups is 1. The first kappa shape index (κ1) is 11.6. The Morgan fingerprint density at radius 1 is 1.44 bits per heavy atom. The molecule has 0 bridgehead atoms. The van der Waals surface area contributed by atoms with E-state index in [4.69, 9.17) is 11.6 Å². The second-order valence-electron chi connectivity index (χ2n) is 4.71. The first-order valence-corrected chi connectivity index (χ1v) is 5.96. The van der Waals surface area contributed by atoms with Gasteiger partial charge in [0.2, 0.25) is 0 Å². The van der Waals surface area contributed by atoms with E-state index in [0.717, 1.165) is 25.1 Å². The molecule has 1 saturated heterocycles. The van der Waals surface area contributed by atoms with Crippen LogP contribution in [-0.2, 0) is 11.2 Å². The smallest absolute Gasteiger partial charge is 0.144 e. The number of hydrogen-bond donors (Lipinski definition) is 1. The van der Waals surface area contributed by atoms with Crippen molar-refractivity contribution >= 4 is 17.4 Å². The van der Waals surface area contributed by atoms with Crippen LogP contribution in [0.3, 0.4) is 0 Å². The van der Waals surface area contributed by atoms with Crippen LogP contribution in [0.2, 0.25) is 5.02 Å². The third-order valence-corrected chi connectivity index (χ3v) is 3.57. The summed E-state index contributed by atoms with van der Waals surface area (Å²) in [6, 6.07) is 7.51. The highest BCUT2D eigenvalue weighted by Crippen LogP contribution is 2.27. The molecular formula is C13H16ClNO. The molecule has 1 atom stereocenters. The largest absolute Gasteiger partial charge is 0.316 e. The van der Waals surface area contributed by atoms with Crippen molar-refractivity contribution in [2.24, 2.45) is 5.41 Å². The normalized spacial score (nSPS) is 24.6. The molecular weight excluding hydrogens is 222 g/mol. The summed E-state index contributed by atoms with van der Waals surface area (Å²) in [4.78, 5) is 12.1. The molecule has 0 aliphatic carbocycles. The number of nitrogens with one attached hydrogen (secondary N) is 1. The van der Waals surface area contributed by atoms with E-state index in [2.05, 4.69) is 5.32 Å². The van der Waals surface area contributed by atoms with Gasteiger partial charge in [0.1, 0.15) is 5.78 Å². The van der Waals surface area contributed by atoms with Crippen LogP contribution in [0.25, 0.3) is 0 Å². The molecule has 0 spiro atoms. The van der Waals surface area contributed by atoms with E-state index in [1.165, 1.54) is 0 Å². The van der Waals surface area contributed by atoms with Gasteiger partial charge in [-0.05, 0) is 30.7 Å². The van der Waals surface area contributed by atoms with Gasteiger partial charge in [-0.2, -0.15) is 0 Å². The summed E-state index contributed by atoms with van der Waals surface area (Å²) >= 11 is 5.81. The Morgan fingerprint density at radius 3 is 2.69 bits per heavy atom. The minimum Gasteiger partial charge on any atom is -0.316 e. The van der Waals surface area contributed by atoms with Crippen LogP contribution >= 0.6 is 11.6 Å². The van der Waals surface area contributed by atoms with Gasteiger partial charge in [0.05, 0.1) is 0 Å². The van der Waals surface area contributed by atoms with Crippen molar-refractivity contribution in [2.75, 3.05) is 13.1 Å². The highest BCUT2D eigenvalue weighted by atomic mass is 35.5. The monoisotopic (exact) mass is 237 g/mol. The molecule has 1 heterocycles. The number of ketones is 1. The second kappa shape index (κ2) is 4.56. The standard InChI is InChI=1S/C13H16ClNO/c1-13(6-7-15-9-13)12(16)8-10-2-4-11(14)5-3-10/h2-5,15H,6-9H2,1H3. The van der Waals surface area contributed by atoms with Crippen molar-refractivity contribution in [3.8, 4) is 0 Å². The molecule has 1 aliphatic heterocycles. The number of Topliss-reactive ketones (excluding diaryl/α,β-unsaturated/α-hetero) is 1. The average Bonchev–Trinajstić information content (AvgIpc) is 2.70. The van der Waals surface area contributed by atoms with E-state index >= 15 is 0 Å². The quantitative estimate of drug-likeness (QED) is 0.875. The molecule has 1 aromatic carbocycles. The second-order valence-corrected chi connectivity index (χ2v) is 5.15. The summed E-state index contributed by atoms with van der Waals surface area (Å²) in [5.74, 6) is 0.319. The lowest BCUT2D eigenvalue weighted by molar-refractivity contribution is -0.126. The van der Waals surface area contributed by atoms with E-state index in [1.807, 2.05) is 31.2 Å². The van der Waals surface area contributed by atoms with E-state index in [1.54, 1.807) is 0 Å². The van der Waals surface area contributed by atoms with Crippen molar-refractivity contribution < 1.29 is 4.79 Å². The third kappa shape index (κ3) is 2.45. The highest BCUT2D eigenvalue weighted by Gasteiger charge is 2.35. The molecule has 1 unspecified atom stereocenters. The molecule has 0 radical (unpaired) electrons. The van der Waals surface area contributed by atoms with E-state index in [0.29, 0.717) is 17.2 Å². The summed E-state index contributed by atoms with van der Waals surface area (Å²) in [6.07, 6.45) is 1.45. The van der Waals surface area contributed by atoms with Gasteiger partial charge in [0.25, 0.3) is 0 Å². The van der Waals surface area contributed by atoms with Crippen LogP contribution in [0.1, 0.15) is 18.9 Å². The summed E-state index contributed by atoms with van der Waals surface area (Å²) in [6.45, 7) is 3.80. The van der Waals surface area contributed by atoms with Gasteiger partial charge in [-0.15, -0.1) is 0 Å². The predicted octanol–water partition coefficient (Wildman–Crippen LogP) is 2.45. The maximum Gasteiger partial charge on any atom is 0.144 e. The molecule has 2 rings (SSSR count). The fourth-order valence-corrected chi connectivity index (χ4v) is 2.18. The summed E-state index contributed by atoms with van der Waals surface area (Å²) in [7, 11) is 0. The Labute approximate surface area is 101 Å². The zero-order chi connectivity index (χ0) is 11.6. The Balaban J connectivity index is 2.04. The van der Waals surface area contributed by atoms with Gasteiger partial charge >= 0.3 is 0 Å². The van der Waals surface area contributed by atoms with Crippen molar-refractivity contribution in [3.63, 3.8) is 0 Å². The van der Waals surface area contributed by atoms with Crippen molar-refractivity contribution in [3.05, 3.63) is 34.9 Å². The molecule has 3 heteroatoms. The molecule has 1 aromatic rings. The number of carbonyl (C=O) groups excluding carboxylic acids is 1. The molecule has 16 heavy (non-hydrogen) atoms. The fourth-order valence-electron chi connectivity index (χ4n) is 2.06. The maximum absolute atomic E-state index is 12.1. The zero-order valence-corrected chi connectivity index (χ0v) is 10.2. The number of hydrogen-bond acceptors (Lipinski definition) is 2. The van der Waals surface area contributed by atoms with Crippen LogP contribution in [0, 0.1) is 5.41 Å². The van der Waals surface area contributed by atoms with E-state index in [-0.39, 0.29) is 5.41 Å². The Kier molecular flexibility index (Phi) is 3.31. The third-order valence-electron chi connectivity index (χ3n) is 3.32. The predicted molar refractivity (Wildman–Crippen MR) is 65.8 cm³/mol. The van der Waals surface area contributed by atoms with Crippen LogP contribution in [0.4, 0.5) is 0 Å². The van der Waals surface area contributed by atoms with Crippen molar-refractivity contribution in [1.82, 2.24) is 5.32 Å². The fraction of sp³-hybridized carbons (Fsp3) is 0.462. The Morgan fingerprint density at radius 2 is 2.12 bits per heavy atom. The van der Waals surface area contributed by atoms with E-state index < -0.39 is 0 Å².